The Balaban J connectivity index is 1.98. The standard InChI is InChI=1S/C15H16ClNO3S/c16-13-4-2-1-3-12(13)15(19)17-9-14(20-7-6-18)11-5-8-21-10-11/h1-5,8,10,14,18H,6-7,9H2,(H,17,19)/t14-/m1/s1. The minimum absolute atomic E-state index is 0.0565. The van der Waals surface area contributed by atoms with Gasteiger partial charge in [0.25, 0.3) is 5.91 Å². The van der Waals surface area contributed by atoms with Crippen LogP contribution >= 0.6 is 22.9 Å². The number of benzene rings is 1. The van der Waals surface area contributed by atoms with Gasteiger partial charge < -0.3 is 15.2 Å². The van der Waals surface area contributed by atoms with Crippen LogP contribution in [-0.2, 0) is 4.74 Å². The lowest BCUT2D eigenvalue weighted by atomic mass is 10.1. The molecular weight excluding hydrogens is 310 g/mol. The van der Waals surface area contributed by atoms with E-state index in [-0.39, 0.29) is 25.2 Å². The molecule has 1 amide bonds. The second kappa shape index (κ2) is 8.14. The zero-order valence-corrected chi connectivity index (χ0v) is 12.9. The van der Waals surface area contributed by atoms with Crippen molar-refractivity contribution in [1.29, 1.82) is 0 Å². The number of aliphatic hydroxyl groups excluding tert-OH is 1. The Bertz CT molecular complexity index is 574. The van der Waals surface area contributed by atoms with Gasteiger partial charge in [0.1, 0.15) is 6.10 Å². The molecule has 0 spiro atoms. The Morgan fingerprint density at radius 3 is 2.86 bits per heavy atom. The average Bonchev–Trinajstić information content (AvgIpc) is 3.01. The topological polar surface area (TPSA) is 58.6 Å². The third-order valence-electron chi connectivity index (χ3n) is 2.89. The molecule has 0 unspecified atom stereocenters. The summed E-state index contributed by atoms with van der Waals surface area (Å²) in [7, 11) is 0. The average molecular weight is 326 g/mol. The maximum atomic E-state index is 12.1. The Hall–Kier alpha value is -1.40. The molecule has 1 aromatic carbocycles. The van der Waals surface area contributed by atoms with Crippen molar-refractivity contribution in [1.82, 2.24) is 5.32 Å². The van der Waals surface area contributed by atoms with Gasteiger partial charge in [0, 0.05) is 6.54 Å². The number of halogens is 1. The first-order valence-corrected chi connectivity index (χ1v) is 7.81. The van der Waals surface area contributed by atoms with Gasteiger partial charge in [-0.25, -0.2) is 0 Å². The number of hydrogen-bond acceptors (Lipinski definition) is 4. The molecule has 0 bridgehead atoms. The first-order chi connectivity index (χ1) is 10.2. The summed E-state index contributed by atoms with van der Waals surface area (Å²) in [6.45, 7) is 0.488. The molecule has 0 radical (unpaired) electrons. The number of rotatable bonds is 7. The maximum absolute atomic E-state index is 12.1. The number of thiophene rings is 1. The minimum atomic E-state index is -0.283. The van der Waals surface area contributed by atoms with Crippen LogP contribution in [-0.4, -0.2) is 30.8 Å². The van der Waals surface area contributed by atoms with E-state index in [9.17, 15) is 4.79 Å². The Kier molecular flexibility index (Phi) is 6.20. The summed E-state index contributed by atoms with van der Waals surface area (Å²) in [5.74, 6) is -0.242. The van der Waals surface area contributed by atoms with Crippen molar-refractivity contribution in [3.63, 3.8) is 0 Å². The summed E-state index contributed by atoms with van der Waals surface area (Å²) in [5, 5.41) is 16.0. The molecule has 0 saturated carbocycles. The van der Waals surface area contributed by atoms with Crippen LogP contribution < -0.4 is 5.32 Å². The van der Waals surface area contributed by atoms with Crippen molar-refractivity contribution in [3.8, 4) is 0 Å². The minimum Gasteiger partial charge on any atom is -0.394 e. The van der Waals surface area contributed by atoms with Gasteiger partial charge in [0.15, 0.2) is 0 Å². The fourth-order valence-electron chi connectivity index (χ4n) is 1.85. The molecule has 1 aromatic heterocycles. The molecule has 0 aliphatic carbocycles. The van der Waals surface area contributed by atoms with E-state index in [0.717, 1.165) is 5.56 Å². The van der Waals surface area contributed by atoms with Crippen LogP contribution in [0.25, 0.3) is 0 Å². The van der Waals surface area contributed by atoms with Crippen LogP contribution in [0.1, 0.15) is 22.0 Å². The molecule has 2 N–H and O–H groups in total. The molecule has 6 heteroatoms. The third-order valence-corrected chi connectivity index (χ3v) is 3.92. The summed E-state index contributed by atoms with van der Waals surface area (Å²) in [6, 6.07) is 8.83. The van der Waals surface area contributed by atoms with E-state index < -0.39 is 0 Å². The summed E-state index contributed by atoms with van der Waals surface area (Å²) in [5.41, 5.74) is 1.42. The highest BCUT2D eigenvalue weighted by atomic mass is 35.5. The number of nitrogens with one attached hydrogen (secondary N) is 1. The maximum Gasteiger partial charge on any atom is 0.252 e. The van der Waals surface area contributed by atoms with Crippen LogP contribution in [0.3, 0.4) is 0 Å². The molecular formula is C15H16ClNO3S. The van der Waals surface area contributed by atoms with Crippen molar-refractivity contribution in [2.24, 2.45) is 0 Å². The van der Waals surface area contributed by atoms with Gasteiger partial charge in [-0.15, -0.1) is 0 Å². The van der Waals surface area contributed by atoms with Crippen LogP contribution in [0, 0.1) is 0 Å². The largest absolute Gasteiger partial charge is 0.394 e. The molecule has 4 nitrogen and oxygen atoms in total. The first-order valence-electron chi connectivity index (χ1n) is 6.49. The lowest BCUT2D eigenvalue weighted by molar-refractivity contribution is 0.0279. The van der Waals surface area contributed by atoms with Crippen LogP contribution in [0.4, 0.5) is 0 Å². The molecule has 1 atom stereocenters. The van der Waals surface area contributed by atoms with E-state index >= 15 is 0 Å². The third kappa shape index (κ3) is 4.54. The van der Waals surface area contributed by atoms with Gasteiger partial charge in [-0.1, -0.05) is 23.7 Å². The van der Waals surface area contributed by atoms with Gasteiger partial charge in [-0.2, -0.15) is 11.3 Å². The summed E-state index contributed by atoms with van der Waals surface area (Å²) in [6.07, 6.45) is -0.283. The monoisotopic (exact) mass is 325 g/mol. The quantitative estimate of drug-likeness (QED) is 0.823. The number of carbonyl (C=O) groups is 1. The second-order valence-corrected chi connectivity index (χ2v) is 5.52. The number of amides is 1. The number of aliphatic hydroxyl groups is 1. The van der Waals surface area contributed by atoms with Gasteiger partial charge in [-0.3, -0.25) is 4.79 Å². The zero-order chi connectivity index (χ0) is 15.1. The van der Waals surface area contributed by atoms with E-state index in [1.165, 1.54) is 0 Å². The van der Waals surface area contributed by atoms with Crippen molar-refractivity contribution in [2.45, 2.75) is 6.10 Å². The molecule has 112 valence electrons. The summed E-state index contributed by atoms with van der Waals surface area (Å²) < 4.78 is 5.56. The number of hydrogen-bond donors (Lipinski definition) is 2. The molecule has 0 fully saturated rings. The highest BCUT2D eigenvalue weighted by Crippen LogP contribution is 2.20. The molecule has 2 aromatic rings. The van der Waals surface area contributed by atoms with Crippen LogP contribution in [0.5, 0.6) is 0 Å². The fourth-order valence-corrected chi connectivity index (χ4v) is 2.78. The van der Waals surface area contributed by atoms with Crippen molar-refractivity contribution < 1.29 is 14.6 Å². The lowest BCUT2D eigenvalue weighted by Gasteiger charge is -2.17. The smallest absolute Gasteiger partial charge is 0.252 e. The van der Waals surface area contributed by atoms with Gasteiger partial charge in [0.05, 0.1) is 23.8 Å². The predicted octanol–water partition coefficient (Wildman–Crippen LogP) is 2.88. The Morgan fingerprint density at radius 1 is 1.38 bits per heavy atom. The second-order valence-electron chi connectivity index (χ2n) is 4.33. The normalized spacial score (nSPS) is 12.1. The molecule has 0 aliphatic rings. The highest BCUT2D eigenvalue weighted by molar-refractivity contribution is 7.07. The van der Waals surface area contributed by atoms with E-state index in [1.807, 2.05) is 16.8 Å². The van der Waals surface area contributed by atoms with Gasteiger partial charge in [0.2, 0.25) is 0 Å². The predicted molar refractivity (Wildman–Crippen MR) is 83.9 cm³/mol. The van der Waals surface area contributed by atoms with E-state index in [1.54, 1.807) is 35.6 Å². The van der Waals surface area contributed by atoms with Crippen LogP contribution in [0.2, 0.25) is 5.02 Å². The van der Waals surface area contributed by atoms with Crippen LogP contribution in [0.15, 0.2) is 41.1 Å². The zero-order valence-electron chi connectivity index (χ0n) is 11.3. The van der Waals surface area contributed by atoms with Gasteiger partial charge >= 0.3 is 0 Å². The van der Waals surface area contributed by atoms with Gasteiger partial charge in [-0.05, 0) is 34.5 Å². The molecule has 21 heavy (non-hydrogen) atoms. The van der Waals surface area contributed by atoms with Crippen molar-refractivity contribution >= 4 is 28.8 Å². The SMILES string of the molecule is O=C(NC[C@@H](OCCO)c1ccsc1)c1ccccc1Cl. The number of carbonyl (C=O) groups excluding carboxylic acids is 1. The Labute approximate surface area is 132 Å². The first kappa shape index (κ1) is 16.0. The molecule has 1 heterocycles. The number of ether oxygens (including phenoxy) is 1. The summed E-state index contributed by atoms with van der Waals surface area (Å²) >= 11 is 7.55. The van der Waals surface area contributed by atoms with E-state index in [4.69, 9.17) is 21.4 Å². The molecule has 0 aliphatic heterocycles. The highest BCUT2D eigenvalue weighted by Gasteiger charge is 2.15. The Morgan fingerprint density at radius 2 is 2.19 bits per heavy atom. The lowest BCUT2D eigenvalue weighted by Crippen LogP contribution is -2.30. The van der Waals surface area contributed by atoms with Crippen molar-refractivity contribution in [2.75, 3.05) is 19.8 Å². The molecule has 2 rings (SSSR count). The van der Waals surface area contributed by atoms with E-state index in [2.05, 4.69) is 5.32 Å². The molecule has 0 saturated heterocycles. The van der Waals surface area contributed by atoms with E-state index in [0.29, 0.717) is 17.1 Å². The fraction of sp³-hybridized carbons (Fsp3) is 0.267. The van der Waals surface area contributed by atoms with Crippen molar-refractivity contribution in [3.05, 3.63) is 57.2 Å². The summed E-state index contributed by atoms with van der Waals surface area (Å²) in [4.78, 5) is 12.1.